The summed E-state index contributed by atoms with van der Waals surface area (Å²) in [6.45, 7) is 7.61. The van der Waals surface area contributed by atoms with Crippen LogP contribution in [0.15, 0.2) is 0 Å². The fourth-order valence-electron chi connectivity index (χ4n) is 3.59. The number of rotatable bonds is 4. The maximum atomic E-state index is 12.8. The van der Waals surface area contributed by atoms with Gasteiger partial charge >= 0.3 is 0 Å². The first-order chi connectivity index (χ1) is 9.53. The highest BCUT2D eigenvalue weighted by Gasteiger charge is 2.36. The molecule has 116 valence electrons. The number of nitrogens with zero attached hydrogens (tertiary/aromatic N) is 1. The summed E-state index contributed by atoms with van der Waals surface area (Å²) >= 11 is 0. The van der Waals surface area contributed by atoms with E-state index < -0.39 is 0 Å². The van der Waals surface area contributed by atoms with E-state index >= 15 is 0 Å². The molecular weight excluding hydrogens is 254 g/mol. The predicted molar refractivity (Wildman–Crippen MR) is 78.3 cm³/mol. The topological polar surface area (TPSA) is 49.8 Å². The van der Waals surface area contributed by atoms with Crippen molar-refractivity contribution in [3.63, 3.8) is 0 Å². The van der Waals surface area contributed by atoms with Gasteiger partial charge in [-0.2, -0.15) is 0 Å². The van der Waals surface area contributed by atoms with Crippen LogP contribution < -0.4 is 0 Å². The van der Waals surface area contributed by atoms with Crippen LogP contribution in [-0.2, 0) is 9.53 Å². The zero-order valence-electron chi connectivity index (χ0n) is 12.9. The second kappa shape index (κ2) is 6.90. The van der Waals surface area contributed by atoms with Crippen molar-refractivity contribution in [3.05, 3.63) is 0 Å². The molecule has 0 bridgehead atoms. The average molecular weight is 283 g/mol. The molecule has 0 aromatic heterocycles. The van der Waals surface area contributed by atoms with Gasteiger partial charge in [0.25, 0.3) is 0 Å². The second-order valence-electron chi connectivity index (χ2n) is 7.09. The third kappa shape index (κ3) is 3.95. The number of aliphatic hydroxyl groups is 1. The van der Waals surface area contributed by atoms with Crippen LogP contribution in [0, 0.1) is 17.3 Å². The van der Waals surface area contributed by atoms with Crippen LogP contribution in [0.5, 0.6) is 0 Å². The molecule has 2 aliphatic heterocycles. The first-order valence-corrected chi connectivity index (χ1v) is 8.01. The minimum absolute atomic E-state index is 0.199. The number of aliphatic hydroxyl groups excluding tert-OH is 1. The molecule has 4 heteroatoms. The fraction of sp³-hybridized carbons (Fsp3) is 0.938. The number of carbonyl (C=O) groups is 1. The maximum absolute atomic E-state index is 12.8. The normalized spacial score (nSPS) is 25.8. The third-order valence-corrected chi connectivity index (χ3v) is 4.78. The molecule has 2 rings (SSSR count). The van der Waals surface area contributed by atoms with Crippen LogP contribution in [0.1, 0.15) is 46.0 Å². The van der Waals surface area contributed by atoms with Gasteiger partial charge in [-0.25, -0.2) is 0 Å². The highest BCUT2D eigenvalue weighted by atomic mass is 16.5. The van der Waals surface area contributed by atoms with Crippen molar-refractivity contribution in [3.8, 4) is 0 Å². The first-order valence-electron chi connectivity index (χ1n) is 8.01. The molecule has 1 atom stereocenters. The summed E-state index contributed by atoms with van der Waals surface area (Å²) in [6.07, 6.45) is 5.17. The molecule has 4 nitrogen and oxygen atoms in total. The third-order valence-electron chi connectivity index (χ3n) is 4.78. The Hall–Kier alpha value is -0.610. The molecule has 1 N–H and O–H groups in total. The molecule has 1 unspecified atom stereocenters. The van der Waals surface area contributed by atoms with Crippen molar-refractivity contribution in [2.24, 2.45) is 17.3 Å². The predicted octanol–water partition coefficient (Wildman–Crippen LogP) is 2.06. The van der Waals surface area contributed by atoms with Crippen molar-refractivity contribution in [2.45, 2.75) is 46.0 Å². The van der Waals surface area contributed by atoms with Gasteiger partial charge in [0.1, 0.15) is 0 Å². The van der Waals surface area contributed by atoms with E-state index in [1.54, 1.807) is 0 Å². The van der Waals surface area contributed by atoms with Crippen molar-refractivity contribution in [2.75, 3.05) is 32.9 Å². The summed E-state index contributed by atoms with van der Waals surface area (Å²) in [7, 11) is 0. The van der Waals surface area contributed by atoms with E-state index in [1.807, 2.05) is 4.90 Å². The van der Waals surface area contributed by atoms with Gasteiger partial charge in [0.05, 0.1) is 0 Å². The lowest BCUT2D eigenvalue weighted by molar-refractivity contribution is -0.144. The Bertz CT molecular complexity index is 324. The average Bonchev–Trinajstić information content (AvgIpc) is 2.47. The molecule has 20 heavy (non-hydrogen) atoms. The Balaban J connectivity index is 1.91. The summed E-state index contributed by atoms with van der Waals surface area (Å²) in [4.78, 5) is 14.7. The number of piperidine rings is 1. The van der Waals surface area contributed by atoms with Crippen LogP contribution in [0.2, 0.25) is 0 Å². The molecule has 2 aliphatic rings. The van der Waals surface area contributed by atoms with Crippen molar-refractivity contribution in [1.82, 2.24) is 4.90 Å². The molecule has 1 amide bonds. The van der Waals surface area contributed by atoms with Crippen LogP contribution in [0.3, 0.4) is 0 Å². The van der Waals surface area contributed by atoms with Crippen LogP contribution in [0.4, 0.5) is 0 Å². The van der Waals surface area contributed by atoms with Gasteiger partial charge in [0, 0.05) is 38.3 Å². The van der Waals surface area contributed by atoms with Gasteiger partial charge in [-0.1, -0.05) is 13.8 Å². The maximum Gasteiger partial charge on any atom is 0.228 e. The van der Waals surface area contributed by atoms with E-state index in [0.29, 0.717) is 5.92 Å². The first kappa shape index (κ1) is 15.8. The summed E-state index contributed by atoms with van der Waals surface area (Å²) in [5.41, 5.74) is -0.292. The Morgan fingerprint density at radius 3 is 2.60 bits per heavy atom. The molecule has 0 spiro atoms. The Kier molecular flexibility index (Phi) is 5.44. The highest BCUT2D eigenvalue weighted by Crippen LogP contribution is 2.33. The molecule has 0 aliphatic carbocycles. The van der Waals surface area contributed by atoms with Gasteiger partial charge in [-0.15, -0.1) is 0 Å². The van der Waals surface area contributed by atoms with E-state index in [-0.39, 0.29) is 23.8 Å². The zero-order chi connectivity index (χ0) is 14.6. The molecule has 2 fully saturated rings. The van der Waals surface area contributed by atoms with Gasteiger partial charge in [-0.05, 0) is 43.9 Å². The Morgan fingerprint density at radius 2 is 1.95 bits per heavy atom. The van der Waals surface area contributed by atoms with E-state index in [4.69, 9.17) is 4.74 Å². The largest absolute Gasteiger partial charge is 0.396 e. The summed E-state index contributed by atoms with van der Waals surface area (Å²) in [5, 5.41) is 9.30. The van der Waals surface area contributed by atoms with Gasteiger partial charge < -0.3 is 14.7 Å². The van der Waals surface area contributed by atoms with E-state index in [1.165, 1.54) is 0 Å². The van der Waals surface area contributed by atoms with Crippen molar-refractivity contribution in [1.29, 1.82) is 0 Å². The van der Waals surface area contributed by atoms with Crippen LogP contribution >= 0.6 is 0 Å². The molecule has 2 saturated heterocycles. The zero-order valence-corrected chi connectivity index (χ0v) is 12.9. The molecule has 0 saturated carbocycles. The van der Waals surface area contributed by atoms with Crippen LogP contribution in [0.25, 0.3) is 0 Å². The van der Waals surface area contributed by atoms with E-state index in [0.717, 1.165) is 58.4 Å². The molecule has 0 aromatic carbocycles. The Morgan fingerprint density at radius 1 is 1.25 bits per heavy atom. The lowest BCUT2D eigenvalue weighted by Crippen LogP contribution is -2.47. The number of hydrogen-bond acceptors (Lipinski definition) is 3. The van der Waals surface area contributed by atoms with E-state index in [2.05, 4.69) is 13.8 Å². The van der Waals surface area contributed by atoms with Gasteiger partial charge in [-0.3, -0.25) is 4.79 Å². The minimum Gasteiger partial charge on any atom is -0.396 e. The van der Waals surface area contributed by atoms with Crippen molar-refractivity contribution < 1.29 is 14.6 Å². The molecule has 0 radical (unpaired) electrons. The SMILES string of the molecule is CC(C)(CC1CCOCC1)C(=O)N1CCCC(CO)C1. The number of likely N-dealkylation sites (tertiary alicyclic amines) is 1. The van der Waals surface area contributed by atoms with Gasteiger partial charge in [0.2, 0.25) is 5.91 Å². The van der Waals surface area contributed by atoms with Crippen molar-refractivity contribution >= 4 is 5.91 Å². The number of carbonyl (C=O) groups excluding carboxylic acids is 1. The van der Waals surface area contributed by atoms with Gasteiger partial charge in [0.15, 0.2) is 0 Å². The fourth-order valence-corrected chi connectivity index (χ4v) is 3.59. The Labute approximate surface area is 122 Å². The number of amides is 1. The van der Waals surface area contributed by atoms with E-state index in [9.17, 15) is 9.90 Å². The summed E-state index contributed by atoms with van der Waals surface area (Å²) in [5.74, 6) is 1.15. The number of hydrogen-bond donors (Lipinski definition) is 1. The molecule has 2 heterocycles. The second-order valence-corrected chi connectivity index (χ2v) is 7.09. The highest BCUT2D eigenvalue weighted by molar-refractivity contribution is 5.82. The summed E-state index contributed by atoms with van der Waals surface area (Å²) < 4.78 is 5.40. The standard InChI is InChI=1S/C16H29NO3/c1-16(2,10-13-5-8-20-9-6-13)15(19)17-7-3-4-14(11-17)12-18/h13-14,18H,3-12H2,1-2H3. The van der Waals surface area contributed by atoms with Crippen LogP contribution in [-0.4, -0.2) is 48.8 Å². The monoisotopic (exact) mass is 283 g/mol. The molecule has 0 aromatic rings. The summed E-state index contributed by atoms with van der Waals surface area (Å²) in [6, 6.07) is 0. The quantitative estimate of drug-likeness (QED) is 0.859. The minimum atomic E-state index is -0.292. The lowest BCUT2D eigenvalue weighted by atomic mass is 9.78. The number of ether oxygens (including phenoxy) is 1. The smallest absolute Gasteiger partial charge is 0.228 e. The molecular formula is C16H29NO3. The lowest BCUT2D eigenvalue weighted by Gasteiger charge is -2.39.